The van der Waals surface area contributed by atoms with Crippen molar-refractivity contribution >= 4 is 22.3 Å². The Kier molecular flexibility index (Phi) is 5.64. The molecule has 2 N–H and O–H groups in total. The molecule has 0 spiro atoms. The lowest BCUT2D eigenvalue weighted by Gasteiger charge is -2.08. The molecule has 178 valence electrons. The summed E-state index contributed by atoms with van der Waals surface area (Å²) in [4.78, 5) is 33.8. The van der Waals surface area contributed by atoms with E-state index < -0.39 is 0 Å². The Morgan fingerprint density at radius 1 is 1.26 bits per heavy atom. The number of H-pyrrole nitrogens is 1. The molecule has 0 saturated carbocycles. The molecule has 0 aliphatic carbocycles. The highest BCUT2D eigenvalue weighted by Gasteiger charge is 2.24. The van der Waals surface area contributed by atoms with Gasteiger partial charge in [0.05, 0.1) is 24.0 Å². The van der Waals surface area contributed by atoms with Crippen LogP contribution in [0.2, 0.25) is 0 Å². The molecule has 1 amide bonds. The number of nitrogens with zero attached hydrogens (tertiary/aromatic N) is 6. The molecule has 5 aromatic rings. The Morgan fingerprint density at radius 3 is 2.86 bits per heavy atom. The van der Waals surface area contributed by atoms with Gasteiger partial charge in [0.1, 0.15) is 11.8 Å². The van der Waals surface area contributed by atoms with E-state index in [0.29, 0.717) is 29.1 Å². The van der Waals surface area contributed by atoms with Crippen molar-refractivity contribution in [1.82, 2.24) is 39.7 Å². The topological polar surface area (TPSA) is 123 Å². The van der Waals surface area contributed by atoms with Crippen molar-refractivity contribution in [1.29, 1.82) is 0 Å². The molecule has 10 heteroatoms. The van der Waals surface area contributed by atoms with Gasteiger partial charge in [0.15, 0.2) is 11.5 Å². The molecule has 0 atom stereocenters. The normalized spacial score (nSPS) is 11.6. The molecule has 0 unspecified atom stereocenters. The fourth-order valence-electron chi connectivity index (χ4n) is 4.33. The number of rotatable bonds is 6. The number of amides is 1. The van der Waals surface area contributed by atoms with Crippen LogP contribution < -0.4 is 10.9 Å². The third-order valence-electron chi connectivity index (χ3n) is 6.15. The lowest BCUT2D eigenvalue weighted by molar-refractivity contribution is 0.0943. The van der Waals surface area contributed by atoms with Gasteiger partial charge in [-0.05, 0) is 37.5 Å². The molecular weight excluding hydrogens is 444 g/mol. The lowest BCUT2D eigenvalue weighted by Crippen LogP contribution is -2.26. The zero-order chi connectivity index (χ0) is 24.7. The van der Waals surface area contributed by atoms with Gasteiger partial charge in [-0.1, -0.05) is 26.0 Å². The first-order valence-electron chi connectivity index (χ1n) is 11.5. The number of carbonyl (C=O) groups is 1. The molecule has 0 aliphatic heterocycles. The van der Waals surface area contributed by atoms with Crippen molar-refractivity contribution < 1.29 is 4.79 Å². The van der Waals surface area contributed by atoms with E-state index in [0.717, 1.165) is 22.0 Å². The molecule has 4 heterocycles. The monoisotopic (exact) mass is 470 g/mol. The summed E-state index contributed by atoms with van der Waals surface area (Å²) in [7, 11) is 0. The van der Waals surface area contributed by atoms with Crippen LogP contribution in [0, 0.1) is 6.92 Å². The summed E-state index contributed by atoms with van der Waals surface area (Å²) in [5.74, 6) is 0.187. The number of carbonyl (C=O) groups excluding carboxylic acids is 1. The van der Waals surface area contributed by atoms with Crippen molar-refractivity contribution in [2.75, 3.05) is 0 Å². The summed E-state index contributed by atoms with van der Waals surface area (Å²) in [5.41, 5.74) is 4.18. The number of nitrogens with one attached hydrogen (secondary N) is 2. The Morgan fingerprint density at radius 2 is 2.09 bits per heavy atom. The zero-order valence-corrected chi connectivity index (χ0v) is 20.0. The van der Waals surface area contributed by atoms with E-state index in [1.807, 2.05) is 56.5 Å². The smallest absolute Gasteiger partial charge is 0.274 e. The molecular formula is C25H26N8O2. The van der Waals surface area contributed by atoms with Crippen LogP contribution in [-0.4, -0.2) is 40.3 Å². The van der Waals surface area contributed by atoms with Gasteiger partial charge in [-0.3, -0.25) is 14.6 Å². The van der Waals surface area contributed by atoms with E-state index in [-0.39, 0.29) is 29.6 Å². The van der Waals surface area contributed by atoms with E-state index in [9.17, 15) is 9.59 Å². The van der Waals surface area contributed by atoms with E-state index in [1.165, 1.54) is 4.52 Å². The van der Waals surface area contributed by atoms with Crippen LogP contribution in [0.3, 0.4) is 0 Å². The Bertz CT molecular complexity index is 1630. The molecule has 1 aromatic carbocycles. The number of hydrogen-bond acceptors (Lipinski definition) is 6. The van der Waals surface area contributed by atoms with Crippen LogP contribution in [0.15, 0.2) is 47.8 Å². The van der Waals surface area contributed by atoms with E-state index in [1.54, 1.807) is 18.7 Å². The minimum absolute atomic E-state index is 0.0931. The summed E-state index contributed by atoms with van der Waals surface area (Å²) in [5, 5.41) is 16.3. The maximum absolute atomic E-state index is 13.2. The van der Waals surface area contributed by atoms with Crippen molar-refractivity contribution in [2.45, 2.75) is 46.7 Å². The number of aryl methyl sites for hydroxylation is 2. The Labute approximate surface area is 201 Å². The fraction of sp³-hybridized carbons (Fsp3) is 0.280. The number of aromatic amines is 1. The molecule has 0 bridgehead atoms. The predicted octanol–water partition coefficient (Wildman–Crippen LogP) is 3.21. The van der Waals surface area contributed by atoms with Crippen LogP contribution in [0.4, 0.5) is 0 Å². The van der Waals surface area contributed by atoms with Gasteiger partial charge in [-0.25, -0.2) is 4.52 Å². The summed E-state index contributed by atoms with van der Waals surface area (Å²) in [6, 6.07) is 7.94. The highest BCUT2D eigenvalue weighted by molar-refractivity contribution is 5.96. The number of aromatic nitrogens is 7. The Balaban J connectivity index is 1.56. The highest BCUT2D eigenvalue weighted by atomic mass is 16.2. The first-order chi connectivity index (χ1) is 16.9. The average molecular weight is 471 g/mol. The van der Waals surface area contributed by atoms with Gasteiger partial charge >= 0.3 is 0 Å². The van der Waals surface area contributed by atoms with Gasteiger partial charge in [0.25, 0.3) is 11.5 Å². The molecule has 0 aliphatic rings. The second kappa shape index (κ2) is 8.79. The molecule has 0 radical (unpaired) electrons. The van der Waals surface area contributed by atoms with Crippen molar-refractivity contribution in [3.05, 3.63) is 76.0 Å². The van der Waals surface area contributed by atoms with Crippen LogP contribution in [0.5, 0.6) is 0 Å². The summed E-state index contributed by atoms with van der Waals surface area (Å²) in [6.07, 6.45) is 5.08. The highest BCUT2D eigenvalue weighted by Crippen LogP contribution is 2.26. The van der Waals surface area contributed by atoms with Crippen LogP contribution >= 0.6 is 0 Å². The van der Waals surface area contributed by atoms with Crippen molar-refractivity contribution in [2.24, 2.45) is 0 Å². The van der Waals surface area contributed by atoms with Gasteiger partial charge in [-0.15, -0.1) is 10.2 Å². The SMILES string of the molecule is CCn1cnnc1CNC(=O)c1nn2cc(-c3cnc4cccc(C)c4c3)[nH]c(=O)c2c1C(C)C. The number of benzene rings is 1. The van der Waals surface area contributed by atoms with Crippen LogP contribution in [0.1, 0.15) is 54.1 Å². The molecule has 0 saturated heterocycles. The third kappa shape index (κ3) is 3.96. The molecule has 5 rings (SSSR count). The maximum Gasteiger partial charge on any atom is 0.274 e. The largest absolute Gasteiger partial charge is 0.343 e. The van der Waals surface area contributed by atoms with Crippen LogP contribution in [-0.2, 0) is 13.1 Å². The summed E-state index contributed by atoms with van der Waals surface area (Å²) in [6.45, 7) is 8.78. The first-order valence-corrected chi connectivity index (χ1v) is 11.5. The van der Waals surface area contributed by atoms with Gasteiger partial charge < -0.3 is 14.9 Å². The van der Waals surface area contributed by atoms with Crippen LogP contribution in [0.25, 0.3) is 27.7 Å². The second-order valence-corrected chi connectivity index (χ2v) is 8.79. The molecule has 35 heavy (non-hydrogen) atoms. The molecule has 0 fully saturated rings. The van der Waals surface area contributed by atoms with E-state index >= 15 is 0 Å². The molecule has 4 aromatic heterocycles. The minimum Gasteiger partial charge on any atom is -0.343 e. The van der Waals surface area contributed by atoms with Gasteiger partial charge in [0.2, 0.25) is 0 Å². The lowest BCUT2D eigenvalue weighted by atomic mass is 10.0. The standard InChI is InChI=1S/C25H26N8O2/c1-5-32-13-28-30-20(32)11-27-24(34)22-21(14(2)3)23-25(35)29-19(12-33(23)31-22)16-9-17-15(4)7-6-8-18(17)26-10-16/h6-10,12-14H,5,11H2,1-4H3,(H,27,34)(H,29,35). The van der Waals surface area contributed by atoms with E-state index in [4.69, 9.17) is 0 Å². The Hall–Kier alpha value is -4.34. The second-order valence-electron chi connectivity index (χ2n) is 8.79. The maximum atomic E-state index is 13.2. The first kappa shape index (κ1) is 22.5. The molecule has 10 nitrogen and oxygen atoms in total. The zero-order valence-electron chi connectivity index (χ0n) is 20.0. The van der Waals surface area contributed by atoms with Crippen molar-refractivity contribution in [3.8, 4) is 11.3 Å². The number of pyridine rings is 1. The summed E-state index contributed by atoms with van der Waals surface area (Å²) < 4.78 is 3.35. The van der Waals surface area contributed by atoms with E-state index in [2.05, 4.69) is 30.6 Å². The fourth-order valence-corrected chi connectivity index (χ4v) is 4.33. The van der Waals surface area contributed by atoms with Gasteiger partial charge in [0, 0.05) is 29.3 Å². The van der Waals surface area contributed by atoms with Gasteiger partial charge in [-0.2, -0.15) is 5.10 Å². The average Bonchev–Trinajstić information content (AvgIpc) is 3.47. The van der Waals surface area contributed by atoms with Crippen molar-refractivity contribution in [3.63, 3.8) is 0 Å². The number of fused-ring (bicyclic) bond motifs is 2. The summed E-state index contributed by atoms with van der Waals surface area (Å²) >= 11 is 0. The number of hydrogen-bond donors (Lipinski definition) is 2. The third-order valence-corrected chi connectivity index (χ3v) is 6.15. The predicted molar refractivity (Wildman–Crippen MR) is 132 cm³/mol. The minimum atomic E-state index is -0.369. The quantitative estimate of drug-likeness (QED) is 0.393.